The molecule has 6 heteroatoms. The number of likely N-dealkylation sites (tertiary alicyclic amines) is 1. The third-order valence-electron chi connectivity index (χ3n) is 6.87. The molecule has 4 nitrogen and oxygen atoms in total. The van der Waals surface area contributed by atoms with Crippen LogP contribution in [0, 0.1) is 5.82 Å². The maximum atomic E-state index is 14.1. The minimum absolute atomic E-state index is 0. The van der Waals surface area contributed by atoms with Crippen LogP contribution in [0.3, 0.4) is 0 Å². The van der Waals surface area contributed by atoms with Gasteiger partial charge in [-0.3, -0.25) is 14.3 Å². The number of phenolic OH excluding ortho intramolecular Hbond substituents is 1. The van der Waals surface area contributed by atoms with Gasteiger partial charge in [-0.2, -0.15) is 0 Å². The zero-order chi connectivity index (χ0) is 24.2. The number of allylic oxidation sites excluding steroid dienone is 1. The summed E-state index contributed by atoms with van der Waals surface area (Å²) in [5.74, 6) is 0.699. The number of hydrogen-bond acceptors (Lipinski definition) is 4. The molecule has 0 radical (unpaired) electrons. The van der Waals surface area contributed by atoms with E-state index in [1.54, 1.807) is 18.3 Å². The highest BCUT2D eigenvalue weighted by Crippen LogP contribution is 2.41. The number of phenols is 1. The number of halogens is 2. The summed E-state index contributed by atoms with van der Waals surface area (Å²) in [5, 5.41) is 10.1. The van der Waals surface area contributed by atoms with Gasteiger partial charge in [0, 0.05) is 25.8 Å². The van der Waals surface area contributed by atoms with Crippen molar-refractivity contribution in [3.8, 4) is 11.5 Å². The van der Waals surface area contributed by atoms with Crippen molar-refractivity contribution in [2.24, 2.45) is 0 Å². The van der Waals surface area contributed by atoms with Crippen molar-refractivity contribution < 1.29 is 18.6 Å². The highest BCUT2D eigenvalue weighted by Gasteiger charge is 2.24. The number of aromatic hydroxyl groups is 1. The van der Waals surface area contributed by atoms with E-state index in [1.165, 1.54) is 6.20 Å². The van der Waals surface area contributed by atoms with Crippen LogP contribution in [0.4, 0.5) is 8.78 Å². The molecule has 1 aliphatic carbocycles. The van der Waals surface area contributed by atoms with E-state index >= 15 is 0 Å². The number of benzene rings is 2. The Morgan fingerprint density at radius 1 is 1.03 bits per heavy atom. The lowest BCUT2D eigenvalue weighted by Crippen LogP contribution is -2.26. The maximum absolute atomic E-state index is 14.1. The van der Waals surface area contributed by atoms with Gasteiger partial charge in [0.2, 0.25) is 0 Å². The predicted octanol–water partition coefficient (Wildman–Crippen LogP) is 6.67. The molecular formula is C30H34F2N2O2. The second-order valence-electron chi connectivity index (χ2n) is 9.34. The first kappa shape index (κ1) is 25.8. The third kappa shape index (κ3) is 5.76. The first-order chi connectivity index (χ1) is 17.1. The quantitative estimate of drug-likeness (QED) is 0.400. The first-order valence-corrected chi connectivity index (χ1v) is 12.3. The SMILES string of the molecule is C.Oc1ccc2c(c1)CCCC(c1cncc(F)c1)=C2c1ccc(O[C@H]2CCN(CCCF)C2)cc1. The minimum Gasteiger partial charge on any atom is -0.508 e. The van der Waals surface area contributed by atoms with Gasteiger partial charge in [-0.15, -0.1) is 0 Å². The molecule has 0 spiro atoms. The lowest BCUT2D eigenvalue weighted by atomic mass is 9.88. The van der Waals surface area contributed by atoms with Gasteiger partial charge in [0.25, 0.3) is 0 Å². The second kappa shape index (κ2) is 11.7. The van der Waals surface area contributed by atoms with Gasteiger partial charge in [0.15, 0.2) is 0 Å². The number of hydrogen-bond donors (Lipinski definition) is 1. The lowest BCUT2D eigenvalue weighted by Gasteiger charge is -2.18. The van der Waals surface area contributed by atoms with Gasteiger partial charge in [-0.1, -0.05) is 25.6 Å². The summed E-state index contributed by atoms with van der Waals surface area (Å²) in [7, 11) is 0. The van der Waals surface area contributed by atoms with Crippen LogP contribution >= 0.6 is 0 Å². The van der Waals surface area contributed by atoms with E-state index in [2.05, 4.69) is 22.0 Å². The van der Waals surface area contributed by atoms with Gasteiger partial charge >= 0.3 is 0 Å². The van der Waals surface area contributed by atoms with E-state index in [4.69, 9.17) is 4.74 Å². The maximum Gasteiger partial charge on any atom is 0.142 e. The molecule has 0 saturated carbocycles. The standard InChI is InChI=1S/C29H30F2N2O2.CH4/c30-12-2-13-33-14-11-26(19-33)35-25-8-5-20(6-9-25)29-27(22-15-23(31)18-32-17-22)4-1-3-21-16-24(34)7-10-28(21)29;/h5-10,15-18,26,34H,1-4,11-14,19H2;1H4/t26-;/m0./s1. The smallest absolute Gasteiger partial charge is 0.142 e. The Kier molecular flexibility index (Phi) is 8.36. The van der Waals surface area contributed by atoms with Crippen molar-refractivity contribution in [2.75, 3.05) is 26.3 Å². The van der Waals surface area contributed by atoms with Crippen molar-refractivity contribution in [2.45, 2.75) is 45.6 Å². The van der Waals surface area contributed by atoms with Crippen LogP contribution < -0.4 is 4.74 Å². The average molecular weight is 493 g/mol. The zero-order valence-electron chi connectivity index (χ0n) is 19.7. The fraction of sp³-hybridized carbons (Fsp3) is 0.367. The molecule has 1 aromatic heterocycles. The van der Waals surface area contributed by atoms with Gasteiger partial charge < -0.3 is 9.84 Å². The van der Waals surface area contributed by atoms with Crippen molar-refractivity contribution in [3.05, 3.63) is 89.0 Å². The van der Waals surface area contributed by atoms with Crippen molar-refractivity contribution in [3.63, 3.8) is 0 Å². The van der Waals surface area contributed by atoms with Gasteiger partial charge in [-0.25, -0.2) is 4.39 Å². The number of rotatable bonds is 7. The molecule has 2 aliphatic rings. The van der Waals surface area contributed by atoms with Crippen LogP contribution in [0.2, 0.25) is 0 Å². The molecule has 5 rings (SSSR count). The number of ether oxygens (including phenoxy) is 1. The number of aromatic nitrogens is 1. The number of aryl methyl sites for hydroxylation is 1. The molecule has 2 aromatic carbocycles. The zero-order valence-corrected chi connectivity index (χ0v) is 19.7. The Hall–Kier alpha value is -3.25. The van der Waals surface area contributed by atoms with Crippen LogP contribution in [0.15, 0.2) is 60.9 Å². The lowest BCUT2D eigenvalue weighted by molar-refractivity contribution is 0.198. The Morgan fingerprint density at radius 3 is 2.64 bits per heavy atom. The number of pyridine rings is 1. The Balaban J connectivity index is 0.00000304. The molecule has 1 saturated heterocycles. The van der Waals surface area contributed by atoms with Gasteiger partial charge in [-0.05, 0) is 95.8 Å². The van der Waals surface area contributed by atoms with Crippen LogP contribution in [0.25, 0.3) is 11.1 Å². The van der Waals surface area contributed by atoms with E-state index in [1.807, 2.05) is 24.3 Å². The summed E-state index contributed by atoms with van der Waals surface area (Å²) in [6, 6.07) is 15.1. The topological polar surface area (TPSA) is 45.6 Å². The molecule has 190 valence electrons. The molecule has 1 fully saturated rings. The number of fused-ring (bicyclic) bond motifs is 1. The first-order valence-electron chi connectivity index (χ1n) is 12.3. The minimum atomic E-state index is -0.356. The van der Waals surface area contributed by atoms with Crippen molar-refractivity contribution >= 4 is 11.1 Å². The van der Waals surface area contributed by atoms with Crippen LogP contribution in [0.5, 0.6) is 11.5 Å². The van der Waals surface area contributed by atoms with Crippen molar-refractivity contribution in [1.29, 1.82) is 0 Å². The Labute approximate surface area is 212 Å². The predicted molar refractivity (Wildman–Crippen MR) is 140 cm³/mol. The summed E-state index contributed by atoms with van der Waals surface area (Å²) in [6.45, 7) is 2.25. The molecule has 36 heavy (non-hydrogen) atoms. The van der Waals surface area contributed by atoms with Crippen LogP contribution in [0.1, 0.15) is 55.4 Å². The summed E-state index contributed by atoms with van der Waals surface area (Å²) in [5.41, 5.74) is 6.01. The second-order valence-corrected chi connectivity index (χ2v) is 9.34. The Bertz CT molecular complexity index is 1210. The highest BCUT2D eigenvalue weighted by molar-refractivity contribution is 5.99. The van der Waals surface area contributed by atoms with E-state index in [0.29, 0.717) is 6.42 Å². The molecule has 1 aliphatic heterocycles. The molecule has 0 amide bonds. The summed E-state index contributed by atoms with van der Waals surface area (Å²) in [4.78, 5) is 6.34. The monoisotopic (exact) mass is 492 g/mol. The largest absolute Gasteiger partial charge is 0.508 e. The van der Waals surface area contributed by atoms with E-state index < -0.39 is 0 Å². The molecule has 0 unspecified atom stereocenters. The van der Waals surface area contributed by atoms with Gasteiger partial charge in [0.1, 0.15) is 23.4 Å². The number of alkyl halides is 1. The molecule has 1 N–H and O–H groups in total. The van der Waals surface area contributed by atoms with Crippen LogP contribution in [-0.2, 0) is 6.42 Å². The van der Waals surface area contributed by atoms with E-state index in [-0.39, 0.29) is 31.8 Å². The summed E-state index contributed by atoms with van der Waals surface area (Å²) < 4.78 is 32.8. The molecule has 0 bridgehead atoms. The normalized spacial score (nSPS) is 17.9. The molecule has 3 aromatic rings. The van der Waals surface area contributed by atoms with Crippen molar-refractivity contribution in [1.82, 2.24) is 9.88 Å². The van der Waals surface area contributed by atoms with Gasteiger partial charge in [0.05, 0.1) is 12.9 Å². The average Bonchev–Trinajstić information content (AvgIpc) is 3.22. The van der Waals surface area contributed by atoms with E-state index in [0.717, 1.165) is 84.5 Å². The fourth-order valence-electron chi connectivity index (χ4n) is 5.24. The number of nitrogens with zero attached hydrogens (tertiary/aromatic N) is 2. The highest BCUT2D eigenvalue weighted by atomic mass is 19.1. The Morgan fingerprint density at radius 2 is 1.86 bits per heavy atom. The summed E-state index contributed by atoms with van der Waals surface area (Å²) >= 11 is 0. The van der Waals surface area contributed by atoms with E-state index in [9.17, 15) is 13.9 Å². The molecule has 1 atom stereocenters. The fourth-order valence-corrected chi connectivity index (χ4v) is 5.24. The molecular weight excluding hydrogens is 458 g/mol. The van der Waals surface area contributed by atoms with Crippen LogP contribution in [-0.4, -0.2) is 47.4 Å². The molecule has 2 heterocycles. The third-order valence-corrected chi connectivity index (χ3v) is 6.87. The summed E-state index contributed by atoms with van der Waals surface area (Å²) in [6.07, 6.45) is 7.07.